The van der Waals surface area contributed by atoms with Crippen LogP contribution in [0.25, 0.3) is 0 Å². The van der Waals surface area contributed by atoms with Crippen molar-refractivity contribution >= 4 is 34.9 Å². The molecule has 5 nitrogen and oxygen atoms in total. The molecular weight excluding hydrogens is 314 g/mol. The molecule has 118 valence electrons. The number of anilines is 2. The van der Waals surface area contributed by atoms with Crippen LogP contribution < -0.4 is 15.5 Å². The molecule has 0 aromatic heterocycles. The molecule has 0 fully saturated rings. The van der Waals surface area contributed by atoms with Gasteiger partial charge in [0.2, 0.25) is 5.91 Å². The van der Waals surface area contributed by atoms with Gasteiger partial charge in [-0.15, -0.1) is 0 Å². The smallest absolute Gasteiger partial charge is 0.319 e. The maximum absolute atomic E-state index is 12.3. The first-order chi connectivity index (χ1) is 11.1. The predicted octanol–water partition coefficient (Wildman–Crippen LogP) is 3.05. The molecule has 23 heavy (non-hydrogen) atoms. The molecule has 0 atom stereocenters. The minimum atomic E-state index is -0.459. The Kier molecular flexibility index (Phi) is 4.48. The van der Waals surface area contributed by atoms with Gasteiger partial charge in [-0.25, -0.2) is 4.79 Å². The van der Waals surface area contributed by atoms with E-state index in [0.29, 0.717) is 17.3 Å². The van der Waals surface area contributed by atoms with Crippen molar-refractivity contribution in [2.24, 2.45) is 0 Å². The Morgan fingerprint density at radius 1 is 1.09 bits per heavy atom. The molecule has 0 saturated carbocycles. The van der Waals surface area contributed by atoms with Crippen molar-refractivity contribution < 1.29 is 9.59 Å². The number of hydrogen-bond donors (Lipinski definition) is 2. The highest BCUT2D eigenvalue weighted by molar-refractivity contribution is 6.33. The zero-order valence-electron chi connectivity index (χ0n) is 12.4. The lowest BCUT2D eigenvalue weighted by molar-refractivity contribution is -0.117. The van der Waals surface area contributed by atoms with E-state index in [-0.39, 0.29) is 12.5 Å². The van der Waals surface area contributed by atoms with Crippen LogP contribution in [0.1, 0.15) is 5.56 Å². The first-order valence-electron chi connectivity index (χ1n) is 7.33. The summed E-state index contributed by atoms with van der Waals surface area (Å²) in [6.07, 6.45) is 0.841. The van der Waals surface area contributed by atoms with Gasteiger partial charge in [-0.2, -0.15) is 0 Å². The van der Waals surface area contributed by atoms with Gasteiger partial charge in [0, 0.05) is 12.2 Å². The van der Waals surface area contributed by atoms with Gasteiger partial charge in [-0.05, 0) is 30.2 Å². The maximum atomic E-state index is 12.3. The lowest BCUT2D eigenvalue weighted by atomic mass is 10.2. The Hall–Kier alpha value is -2.53. The highest BCUT2D eigenvalue weighted by Gasteiger charge is 2.24. The van der Waals surface area contributed by atoms with Gasteiger partial charge in [-0.3, -0.25) is 4.79 Å². The van der Waals surface area contributed by atoms with Crippen LogP contribution in [0.4, 0.5) is 16.2 Å². The number of benzene rings is 2. The van der Waals surface area contributed by atoms with E-state index < -0.39 is 6.03 Å². The molecule has 0 aliphatic carbocycles. The number of hydrogen-bond acceptors (Lipinski definition) is 2. The Balaban J connectivity index is 1.56. The lowest BCUT2D eigenvalue weighted by Gasteiger charge is -2.17. The van der Waals surface area contributed by atoms with E-state index in [1.165, 1.54) is 0 Å². The number of nitrogens with one attached hydrogen (secondary N) is 2. The van der Waals surface area contributed by atoms with E-state index in [9.17, 15) is 9.59 Å². The summed E-state index contributed by atoms with van der Waals surface area (Å²) >= 11 is 5.97. The number of carbonyl (C=O) groups is 2. The standard InChI is InChI=1S/C17H16ClN3O2/c18-13-6-2-3-7-14(13)20-17(23)19-11-16(22)21-10-9-12-5-1-4-8-15(12)21/h1-8H,9-11H2,(H2,19,20,23). The topological polar surface area (TPSA) is 61.4 Å². The fraction of sp³-hybridized carbons (Fsp3) is 0.176. The van der Waals surface area contributed by atoms with Gasteiger partial charge in [0.1, 0.15) is 0 Å². The van der Waals surface area contributed by atoms with Crippen molar-refractivity contribution in [2.45, 2.75) is 6.42 Å². The van der Waals surface area contributed by atoms with E-state index in [1.807, 2.05) is 24.3 Å². The van der Waals surface area contributed by atoms with Gasteiger partial charge >= 0.3 is 6.03 Å². The number of halogens is 1. The molecule has 1 aliphatic rings. The zero-order valence-corrected chi connectivity index (χ0v) is 13.1. The summed E-state index contributed by atoms with van der Waals surface area (Å²) in [5.41, 5.74) is 2.58. The fourth-order valence-electron chi connectivity index (χ4n) is 2.58. The number of urea groups is 1. The minimum Gasteiger partial charge on any atom is -0.329 e. The molecule has 2 N–H and O–H groups in total. The van der Waals surface area contributed by atoms with Gasteiger partial charge in [-0.1, -0.05) is 41.9 Å². The summed E-state index contributed by atoms with van der Waals surface area (Å²) in [5, 5.41) is 5.64. The molecule has 2 aromatic carbocycles. The third kappa shape index (κ3) is 3.46. The molecule has 1 heterocycles. The minimum absolute atomic E-state index is 0.0649. The molecule has 0 unspecified atom stereocenters. The number of fused-ring (bicyclic) bond motifs is 1. The quantitative estimate of drug-likeness (QED) is 0.909. The van der Waals surface area contributed by atoms with Crippen LogP contribution in [-0.4, -0.2) is 25.0 Å². The van der Waals surface area contributed by atoms with Crippen molar-refractivity contribution in [3.05, 3.63) is 59.1 Å². The summed E-state index contributed by atoms with van der Waals surface area (Å²) < 4.78 is 0. The van der Waals surface area contributed by atoms with Crippen LogP contribution in [0.5, 0.6) is 0 Å². The SMILES string of the molecule is O=C(NCC(=O)N1CCc2ccccc21)Nc1ccccc1Cl. The average Bonchev–Trinajstić information content (AvgIpc) is 2.99. The molecule has 0 radical (unpaired) electrons. The number of para-hydroxylation sites is 2. The monoisotopic (exact) mass is 329 g/mol. The molecular formula is C17H16ClN3O2. The van der Waals surface area contributed by atoms with E-state index in [0.717, 1.165) is 17.7 Å². The third-order valence-corrected chi connectivity index (χ3v) is 4.04. The van der Waals surface area contributed by atoms with Gasteiger partial charge < -0.3 is 15.5 Å². The number of rotatable bonds is 3. The zero-order chi connectivity index (χ0) is 16.2. The summed E-state index contributed by atoms with van der Waals surface area (Å²) in [6, 6.07) is 14.3. The number of carbonyl (C=O) groups excluding carboxylic acids is 2. The second-order valence-electron chi connectivity index (χ2n) is 5.21. The average molecular weight is 330 g/mol. The van der Waals surface area contributed by atoms with Crippen LogP contribution in [0.3, 0.4) is 0 Å². The highest BCUT2D eigenvalue weighted by Crippen LogP contribution is 2.27. The van der Waals surface area contributed by atoms with E-state index in [2.05, 4.69) is 10.6 Å². The maximum Gasteiger partial charge on any atom is 0.319 e. The van der Waals surface area contributed by atoms with Crippen LogP contribution >= 0.6 is 11.6 Å². The van der Waals surface area contributed by atoms with E-state index in [1.54, 1.807) is 29.2 Å². The number of nitrogens with zero attached hydrogens (tertiary/aromatic N) is 1. The van der Waals surface area contributed by atoms with Gasteiger partial charge in [0.15, 0.2) is 0 Å². The Morgan fingerprint density at radius 2 is 1.83 bits per heavy atom. The van der Waals surface area contributed by atoms with Crippen molar-refractivity contribution in [3.8, 4) is 0 Å². The van der Waals surface area contributed by atoms with Gasteiger partial charge in [0.25, 0.3) is 0 Å². The largest absolute Gasteiger partial charge is 0.329 e. The molecule has 2 aromatic rings. The van der Waals surface area contributed by atoms with Crippen molar-refractivity contribution in [1.82, 2.24) is 5.32 Å². The first kappa shape index (κ1) is 15.4. The van der Waals surface area contributed by atoms with Crippen molar-refractivity contribution in [2.75, 3.05) is 23.3 Å². The predicted molar refractivity (Wildman–Crippen MR) is 91.0 cm³/mol. The van der Waals surface area contributed by atoms with Crippen molar-refractivity contribution in [1.29, 1.82) is 0 Å². The second kappa shape index (κ2) is 6.71. The van der Waals surface area contributed by atoms with Gasteiger partial charge in [0.05, 0.1) is 17.3 Å². The normalized spacial score (nSPS) is 12.7. The van der Waals surface area contributed by atoms with E-state index in [4.69, 9.17) is 11.6 Å². The van der Waals surface area contributed by atoms with Crippen LogP contribution in [0, 0.1) is 0 Å². The van der Waals surface area contributed by atoms with Crippen molar-refractivity contribution in [3.63, 3.8) is 0 Å². The highest BCUT2D eigenvalue weighted by atomic mass is 35.5. The number of amides is 3. The molecule has 0 bridgehead atoms. The second-order valence-corrected chi connectivity index (χ2v) is 5.62. The molecule has 6 heteroatoms. The Labute approximate surface area is 139 Å². The lowest BCUT2D eigenvalue weighted by Crippen LogP contribution is -2.41. The third-order valence-electron chi connectivity index (χ3n) is 3.71. The van der Waals surface area contributed by atoms with Crippen LogP contribution in [0.15, 0.2) is 48.5 Å². The van der Waals surface area contributed by atoms with E-state index >= 15 is 0 Å². The molecule has 1 aliphatic heterocycles. The molecule has 3 rings (SSSR count). The summed E-state index contributed by atoms with van der Waals surface area (Å²) in [7, 11) is 0. The Bertz CT molecular complexity index is 748. The summed E-state index contributed by atoms with van der Waals surface area (Å²) in [6.45, 7) is 0.580. The first-order valence-corrected chi connectivity index (χ1v) is 7.70. The molecule has 0 spiro atoms. The molecule has 0 saturated heterocycles. The van der Waals surface area contributed by atoms with Crippen LogP contribution in [-0.2, 0) is 11.2 Å². The fourth-order valence-corrected chi connectivity index (χ4v) is 2.76. The molecule has 3 amide bonds. The summed E-state index contributed by atoms with van der Waals surface area (Å²) in [5.74, 6) is -0.135. The summed E-state index contributed by atoms with van der Waals surface area (Å²) in [4.78, 5) is 25.9. The van der Waals surface area contributed by atoms with Crippen LogP contribution in [0.2, 0.25) is 5.02 Å². The Morgan fingerprint density at radius 3 is 2.65 bits per heavy atom.